The normalized spacial score (nSPS) is 13.1. The molecule has 1 N–H and O–H groups in total. The molecule has 2 aromatic carbocycles. The molecule has 0 fully saturated rings. The molecule has 2 aromatic rings. The van der Waals surface area contributed by atoms with Crippen LogP contribution in [0.5, 0.6) is 0 Å². The standard InChI is InChI=1S/C24H31Cl2N3O4S/c1-6-17(3)27-24(31)18(4)28(14-19-9-7-16(2)8-10-19)23(30)15-29(34(5,32)33)20-11-12-21(25)22(26)13-20/h7-13,17-18H,6,14-15H2,1-5H3,(H,27,31). The summed E-state index contributed by atoms with van der Waals surface area (Å²) in [6, 6.07) is 11.0. The molecule has 0 aliphatic heterocycles. The SMILES string of the molecule is CCC(C)NC(=O)C(C)N(Cc1ccc(C)cc1)C(=O)CN(c1ccc(Cl)c(Cl)c1)S(C)(=O)=O. The number of nitrogens with zero attached hydrogens (tertiary/aromatic N) is 2. The predicted octanol–water partition coefficient (Wildman–Crippen LogP) is 4.40. The first-order valence-electron chi connectivity index (χ1n) is 10.9. The molecule has 2 amide bonds. The van der Waals surface area contributed by atoms with Gasteiger partial charge < -0.3 is 10.2 Å². The Hall–Kier alpha value is -2.29. The molecule has 0 radical (unpaired) electrons. The summed E-state index contributed by atoms with van der Waals surface area (Å²) in [5.74, 6) is -0.834. The number of carbonyl (C=O) groups is 2. The van der Waals surface area contributed by atoms with Crippen molar-refractivity contribution in [1.82, 2.24) is 10.2 Å². The second-order valence-electron chi connectivity index (χ2n) is 8.37. The second-order valence-corrected chi connectivity index (χ2v) is 11.1. The van der Waals surface area contributed by atoms with Crippen molar-refractivity contribution in [3.8, 4) is 0 Å². The number of carbonyl (C=O) groups excluding carboxylic acids is 2. The summed E-state index contributed by atoms with van der Waals surface area (Å²) >= 11 is 12.0. The lowest BCUT2D eigenvalue weighted by Gasteiger charge is -2.32. The average molecular weight is 529 g/mol. The molecule has 186 valence electrons. The molecule has 0 heterocycles. The van der Waals surface area contributed by atoms with Crippen molar-refractivity contribution in [3.05, 3.63) is 63.6 Å². The largest absolute Gasteiger partial charge is 0.352 e. The highest BCUT2D eigenvalue weighted by atomic mass is 35.5. The smallest absolute Gasteiger partial charge is 0.244 e. The number of amides is 2. The van der Waals surface area contributed by atoms with Gasteiger partial charge in [0.1, 0.15) is 12.6 Å². The Kier molecular flexibility index (Phi) is 9.79. The van der Waals surface area contributed by atoms with Gasteiger partial charge >= 0.3 is 0 Å². The summed E-state index contributed by atoms with van der Waals surface area (Å²) in [6.45, 7) is 7.07. The number of benzene rings is 2. The van der Waals surface area contributed by atoms with Crippen molar-refractivity contribution < 1.29 is 18.0 Å². The molecule has 0 saturated carbocycles. The minimum atomic E-state index is -3.84. The highest BCUT2D eigenvalue weighted by molar-refractivity contribution is 7.92. The van der Waals surface area contributed by atoms with E-state index >= 15 is 0 Å². The zero-order chi connectivity index (χ0) is 25.6. The Morgan fingerprint density at radius 3 is 2.18 bits per heavy atom. The predicted molar refractivity (Wildman–Crippen MR) is 138 cm³/mol. The van der Waals surface area contributed by atoms with E-state index in [9.17, 15) is 18.0 Å². The van der Waals surface area contributed by atoms with E-state index in [0.29, 0.717) is 0 Å². The zero-order valence-corrected chi connectivity index (χ0v) is 22.3. The fourth-order valence-corrected chi connectivity index (χ4v) is 4.33. The van der Waals surface area contributed by atoms with Crippen LogP contribution in [0, 0.1) is 6.92 Å². The van der Waals surface area contributed by atoms with Crippen LogP contribution < -0.4 is 9.62 Å². The lowest BCUT2D eigenvalue weighted by molar-refractivity contribution is -0.139. The van der Waals surface area contributed by atoms with Gasteiger partial charge in [0, 0.05) is 12.6 Å². The second kappa shape index (κ2) is 11.9. The monoisotopic (exact) mass is 527 g/mol. The zero-order valence-electron chi connectivity index (χ0n) is 20.0. The number of aryl methyl sites for hydroxylation is 1. The van der Waals surface area contributed by atoms with Crippen LogP contribution in [0.4, 0.5) is 5.69 Å². The highest BCUT2D eigenvalue weighted by Crippen LogP contribution is 2.28. The summed E-state index contributed by atoms with van der Waals surface area (Å²) in [7, 11) is -3.84. The fraction of sp³-hybridized carbons (Fsp3) is 0.417. The molecule has 0 aliphatic rings. The molecule has 10 heteroatoms. The molecule has 7 nitrogen and oxygen atoms in total. The van der Waals surface area contributed by atoms with Gasteiger partial charge in [-0.25, -0.2) is 8.42 Å². The van der Waals surface area contributed by atoms with Gasteiger partial charge in [0.05, 0.1) is 22.0 Å². The molecule has 0 saturated heterocycles. The molecule has 2 unspecified atom stereocenters. The van der Waals surface area contributed by atoms with E-state index < -0.39 is 28.5 Å². The third-order valence-electron chi connectivity index (χ3n) is 5.51. The summed E-state index contributed by atoms with van der Waals surface area (Å²) in [6.07, 6.45) is 1.75. The number of anilines is 1. The summed E-state index contributed by atoms with van der Waals surface area (Å²) < 4.78 is 26.1. The summed E-state index contributed by atoms with van der Waals surface area (Å²) in [4.78, 5) is 27.7. The third kappa shape index (κ3) is 7.61. The maximum absolute atomic E-state index is 13.5. The molecular formula is C24H31Cl2N3O4S. The molecule has 0 aliphatic carbocycles. The minimum absolute atomic E-state index is 0.0602. The Balaban J connectivity index is 2.39. The van der Waals surface area contributed by atoms with Crippen LogP contribution in [0.2, 0.25) is 10.0 Å². The van der Waals surface area contributed by atoms with Crippen molar-refractivity contribution in [2.45, 2.75) is 52.7 Å². The first-order chi connectivity index (χ1) is 15.8. The maximum atomic E-state index is 13.5. The number of halogens is 2. The van der Waals surface area contributed by atoms with E-state index in [2.05, 4.69) is 5.32 Å². The van der Waals surface area contributed by atoms with Crippen LogP contribution in [0.25, 0.3) is 0 Å². The van der Waals surface area contributed by atoms with Crippen LogP contribution in [-0.4, -0.2) is 50.0 Å². The Labute approximate surface area is 212 Å². The van der Waals surface area contributed by atoms with Gasteiger partial charge in [-0.3, -0.25) is 13.9 Å². The first-order valence-corrected chi connectivity index (χ1v) is 13.5. The van der Waals surface area contributed by atoms with E-state index in [-0.39, 0.29) is 34.2 Å². The molecule has 0 bridgehead atoms. The maximum Gasteiger partial charge on any atom is 0.244 e. The molecule has 0 aromatic heterocycles. The quantitative estimate of drug-likeness (QED) is 0.495. The summed E-state index contributed by atoms with van der Waals surface area (Å²) in [5.41, 5.74) is 2.09. The van der Waals surface area contributed by atoms with Gasteiger partial charge in [-0.1, -0.05) is 60.0 Å². The van der Waals surface area contributed by atoms with Gasteiger partial charge in [-0.05, 0) is 51.0 Å². The van der Waals surface area contributed by atoms with Gasteiger partial charge in [0.2, 0.25) is 21.8 Å². The number of rotatable bonds is 10. The molecule has 0 spiro atoms. The van der Waals surface area contributed by atoms with E-state index in [1.807, 2.05) is 45.0 Å². The molecule has 2 atom stereocenters. The number of hydrogen-bond acceptors (Lipinski definition) is 4. The van der Waals surface area contributed by atoms with E-state index in [1.54, 1.807) is 6.92 Å². The van der Waals surface area contributed by atoms with Crippen LogP contribution >= 0.6 is 23.2 Å². The first kappa shape index (κ1) is 28.0. The lowest BCUT2D eigenvalue weighted by Crippen LogP contribution is -2.52. The van der Waals surface area contributed by atoms with Crippen molar-refractivity contribution in [3.63, 3.8) is 0 Å². The fourth-order valence-electron chi connectivity index (χ4n) is 3.19. The van der Waals surface area contributed by atoms with Gasteiger partial charge in [-0.2, -0.15) is 0 Å². The molecule has 34 heavy (non-hydrogen) atoms. The Bertz CT molecular complexity index is 1120. The minimum Gasteiger partial charge on any atom is -0.352 e. The summed E-state index contributed by atoms with van der Waals surface area (Å²) in [5, 5.41) is 3.32. The number of sulfonamides is 1. The van der Waals surface area contributed by atoms with Gasteiger partial charge in [0.15, 0.2) is 0 Å². The van der Waals surface area contributed by atoms with Gasteiger partial charge in [-0.15, -0.1) is 0 Å². The van der Waals surface area contributed by atoms with E-state index in [4.69, 9.17) is 23.2 Å². The number of nitrogens with one attached hydrogen (secondary N) is 1. The topological polar surface area (TPSA) is 86.8 Å². The van der Waals surface area contributed by atoms with Crippen molar-refractivity contribution in [2.75, 3.05) is 17.1 Å². The Morgan fingerprint density at radius 1 is 1.03 bits per heavy atom. The van der Waals surface area contributed by atoms with E-state index in [0.717, 1.165) is 28.1 Å². The molecular weight excluding hydrogens is 497 g/mol. The van der Waals surface area contributed by atoms with Crippen molar-refractivity contribution in [1.29, 1.82) is 0 Å². The Morgan fingerprint density at radius 2 is 1.65 bits per heavy atom. The molecule has 2 rings (SSSR count). The van der Waals surface area contributed by atoms with Crippen LogP contribution in [-0.2, 0) is 26.2 Å². The van der Waals surface area contributed by atoms with Crippen LogP contribution in [0.1, 0.15) is 38.3 Å². The van der Waals surface area contributed by atoms with Crippen LogP contribution in [0.15, 0.2) is 42.5 Å². The third-order valence-corrected chi connectivity index (χ3v) is 7.39. The van der Waals surface area contributed by atoms with Crippen molar-refractivity contribution in [2.24, 2.45) is 0 Å². The van der Waals surface area contributed by atoms with Crippen molar-refractivity contribution >= 4 is 50.7 Å². The highest BCUT2D eigenvalue weighted by Gasteiger charge is 2.30. The van der Waals surface area contributed by atoms with E-state index in [1.165, 1.54) is 23.1 Å². The lowest BCUT2D eigenvalue weighted by atomic mass is 10.1. The van der Waals surface area contributed by atoms with Crippen LogP contribution in [0.3, 0.4) is 0 Å². The average Bonchev–Trinajstić information content (AvgIpc) is 2.77. The number of hydrogen-bond donors (Lipinski definition) is 1. The van der Waals surface area contributed by atoms with Gasteiger partial charge in [0.25, 0.3) is 0 Å².